The van der Waals surface area contributed by atoms with Gasteiger partial charge in [-0.15, -0.1) is 0 Å². The van der Waals surface area contributed by atoms with Crippen LogP contribution in [-0.2, 0) is 11.3 Å². The van der Waals surface area contributed by atoms with E-state index in [0.29, 0.717) is 25.2 Å². The molecule has 0 bridgehead atoms. The Bertz CT molecular complexity index is 785. The van der Waals surface area contributed by atoms with E-state index in [1.54, 1.807) is 10.5 Å². The van der Waals surface area contributed by atoms with Gasteiger partial charge in [-0.1, -0.05) is 23.8 Å². The molecule has 2 aliphatic rings. The zero-order chi connectivity index (χ0) is 21.2. The molecule has 1 fully saturated rings. The van der Waals surface area contributed by atoms with E-state index in [9.17, 15) is 9.59 Å². The van der Waals surface area contributed by atoms with Crippen LogP contribution < -0.4 is 16.0 Å². The summed E-state index contributed by atoms with van der Waals surface area (Å²) in [7, 11) is 0. The van der Waals surface area contributed by atoms with Crippen LogP contribution in [0.1, 0.15) is 54.9 Å². The average molecular weight is 412 g/mol. The molecule has 3 N–H and O–H groups in total. The van der Waals surface area contributed by atoms with Crippen molar-refractivity contribution in [3.8, 4) is 0 Å². The molecule has 7 nitrogen and oxygen atoms in total. The molecule has 2 amide bonds. The second-order valence-electron chi connectivity index (χ2n) is 7.75. The second kappa shape index (κ2) is 11.4. The van der Waals surface area contributed by atoms with Crippen molar-refractivity contribution in [2.75, 3.05) is 32.7 Å². The van der Waals surface area contributed by atoms with Crippen LogP contribution in [0.2, 0.25) is 0 Å². The minimum atomic E-state index is -0.108. The summed E-state index contributed by atoms with van der Waals surface area (Å²) in [5, 5.41) is 9.44. The molecule has 1 heterocycles. The molecule has 0 atom stereocenters. The highest BCUT2D eigenvalue weighted by atomic mass is 16.2. The number of hydrogen-bond donors (Lipinski definition) is 3. The van der Waals surface area contributed by atoms with E-state index in [2.05, 4.69) is 33.9 Å². The van der Waals surface area contributed by atoms with Crippen molar-refractivity contribution in [2.24, 2.45) is 4.99 Å². The predicted octanol–water partition coefficient (Wildman–Crippen LogP) is 2.20. The molecule has 1 aliphatic heterocycles. The summed E-state index contributed by atoms with van der Waals surface area (Å²) in [5.74, 6) is 0.601. The van der Waals surface area contributed by atoms with Crippen molar-refractivity contribution in [1.29, 1.82) is 0 Å². The number of piperazine rings is 1. The predicted molar refractivity (Wildman–Crippen MR) is 119 cm³/mol. The van der Waals surface area contributed by atoms with Gasteiger partial charge in [-0.2, -0.15) is 0 Å². The minimum Gasteiger partial charge on any atom is -0.357 e. The lowest BCUT2D eigenvalue weighted by Gasteiger charge is -2.26. The molecule has 1 aromatic rings. The number of benzene rings is 1. The molecule has 30 heavy (non-hydrogen) atoms. The van der Waals surface area contributed by atoms with Gasteiger partial charge in [0.2, 0.25) is 5.91 Å². The van der Waals surface area contributed by atoms with Crippen molar-refractivity contribution >= 4 is 17.8 Å². The Hall–Kier alpha value is -2.83. The van der Waals surface area contributed by atoms with Gasteiger partial charge in [-0.3, -0.25) is 9.59 Å². The lowest BCUT2D eigenvalue weighted by atomic mass is 9.97. The van der Waals surface area contributed by atoms with Crippen LogP contribution in [0.25, 0.3) is 0 Å². The van der Waals surface area contributed by atoms with Crippen LogP contribution in [0.3, 0.4) is 0 Å². The lowest BCUT2D eigenvalue weighted by Crippen LogP contribution is -2.49. The van der Waals surface area contributed by atoms with Gasteiger partial charge in [0.05, 0.1) is 13.1 Å². The Labute approximate surface area is 179 Å². The fourth-order valence-corrected chi connectivity index (χ4v) is 3.73. The van der Waals surface area contributed by atoms with Crippen LogP contribution in [0.4, 0.5) is 0 Å². The van der Waals surface area contributed by atoms with Crippen LogP contribution in [0.15, 0.2) is 40.9 Å². The molecule has 0 spiro atoms. The summed E-state index contributed by atoms with van der Waals surface area (Å²) < 4.78 is 0. The van der Waals surface area contributed by atoms with E-state index >= 15 is 0 Å². The highest BCUT2D eigenvalue weighted by Gasteiger charge is 2.22. The smallest absolute Gasteiger partial charge is 0.254 e. The molecule has 1 aromatic carbocycles. The van der Waals surface area contributed by atoms with Crippen LogP contribution in [-0.4, -0.2) is 55.4 Å². The Morgan fingerprint density at radius 2 is 2.03 bits per heavy atom. The monoisotopic (exact) mass is 411 g/mol. The molecule has 1 aliphatic carbocycles. The summed E-state index contributed by atoms with van der Waals surface area (Å²) in [6.07, 6.45) is 8.52. The summed E-state index contributed by atoms with van der Waals surface area (Å²) in [6, 6.07) is 7.49. The molecular formula is C23H33N5O2. The highest BCUT2D eigenvalue weighted by Crippen LogP contribution is 2.19. The third-order valence-electron chi connectivity index (χ3n) is 5.41. The standard InChI is InChI=1S/C23H33N5O2/c1-2-24-23(26-13-12-18-6-4-3-5-7-18)27-16-19-8-10-20(11-9-19)22(30)28-15-14-25-21(29)17-28/h6,8-11H,2-5,7,12-17H2,1H3,(H,25,29)(H2,24,26,27). The zero-order valence-electron chi connectivity index (χ0n) is 17.9. The zero-order valence-corrected chi connectivity index (χ0v) is 17.9. The van der Waals surface area contributed by atoms with E-state index < -0.39 is 0 Å². The highest BCUT2D eigenvalue weighted by molar-refractivity contribution is 5.97. The lowest BCUT2D eigenvalue weighted by molar-refractivity contribution is -0.123. The quantitative estimate of drug-likeness (QED) is 0.365. The van der Waals surface area contributed by atoms with Crippen molar-refractivity contribution in [3.63, 3.8) is 0 Å². The first-order chi connectivity index (χ1) is 14.7. The van der Waals surface area contributed by atoms with E-state index in [4.69, 9.17) is 0 Å². The van der Waals surface area contributed by atoms with Crippen molar-refractivity contribution in [1.82, 2.24) is 20.9 Å². The molecule has 0 unspecified atom stereocenters. The fraction of sp³-hybridized carbons (Fsp3) is 0.522. The largest absolute Gasteiger partial charge is 0.357 e. The van der Waals surface area contributed by atoms with Gasteiger partial charge < -0.3 is 20.9 Å². The van der Waals surface area contributed by atoms with Crippen LogP contribution in [0, 0.1) is 0 Å². The average Bonchev–Trinajstić information content (AvgIpc) is 2.78. The molecular weight excluding hydrogens is 378 g/mol. The van der Waals surface area contributed by atoms with E-state index in [-0.39, 0.29) is 18.4 Å². The van der Waals surface area contributed by atoms with Crippen molar-refractivity contribution in [2.45, 2.75) is 45.6 Å². The van der Waals surface area contributed by atoms with Crippen molar-refractivity contribution < 1.29 is 9.59 Å². The Morgan fingerprint density at radius 3 is 2.73 bits per heavy atom. The first-order valence-electron chi connectivity index (χ1n) is 11.0. The number of carbonyl (C=O) groups is 2. The number of allylic oxidation sites excluding steroid dienone is 1. The van der Waals surface area contributed by atoms with Gasteiger partial charge in [-0.25, -0.2) is 4.99 Å². The van der Waals surface area contributed by atoms with Crippen LogP contribution in [0.5, 0.6) is 0 Å². The second-order valence-corrected chi connectivity index (χ2v) is 7.75. The number of guanidine groups is 1. The summed E-state index contributed by atoms with van der Waals surface area (Å²) in [6.45, 7) is 5.47. The molecule has 0 aromatic heterocycles. The number of aliphatic imine (C=N–C) groups is 1. The van der Waals surface area contributed by atoms with Crippen molar-refractivity contribution in [3.05, 3.63) is 47.0 Å². The topological polar surface area (TPSA) is 85.8 Å². The maximum atomic E-state index is 12.6. The Kier molecular flexibility index (Phi) is 8.30. The summed E-state index contributed by atoms with van der Waals surface area (Å²) >= 11 is 0. The summed E-state index contributed by atoms with van der Waals surface area (Å²) in [5.41, 5.74) is 3.19. The minimum absolute atomic E-state index is 0.105. The van der Waals surface area contributed by atoms with E-state index in [1.807, 2.05) is 24.3 Å². The molecule has 3 rings (SSSR count). The van der Waals surface area contributed by atoms with E-state index in [1.165, 1.54) is 25.7 Å². The number of rotatable bonds is 7. The maximum Gasteiger partial charge on any atom is 0.254 e. The SMILES string of the molecule is CCNC(=NCc1ccc(C(=O)N2CCNC(=O)C2)cc1)NCCC1=CCCCC1. The number of hydrogen-bond acceptors (Lipinski definition) is 3. The van der Waals surface area contributed by atoms with E-state index in [0.717, 1.165) is 31.0 Å². The summed E-state index contributed by atoms with van der Waals surface area (Å²) in [4.78, 5) is 30.3. The normalized spacial score (nSPS) is 17.2. The molecule has 7 heteroatoms. The van der Waals surface area contributed by atoms with Gasteiger partial charge in [-0.05, 0) is 56.7 Å². The van der Waals surface area contributed by atoms with Gasteiger partial charge >= 0.3 is 0 Å². The fourth-order valence-electron chi connectivity index (χ4n) is 3.73. The van der Waals surface area contributed by atoms with Gasteiger partial charge in [0.1, 0.15) is 0 Å². The molecule has 0 radical (unpaired) electrons. The van der Waals surface area contributed by atoms with Gasteiger partial charge in [0.15, 0.2) is 5.96 Å². The number of amides is 2. The molecule has 1 saturated heterocycles. The Balaban J connectivity index is 1.51. The first-order valence-corrected chi connectivity index (χ1v) is 11.0. The number of carbonyl (C=O) groups excluding carboxylic acids is 2. The molecule has 0 saturated carbocycles. The third kappa shape index (κ3) is 6.61. The first kappa shape index (κ1) is 21.9. The number of nitrogens with one attached hydrogen (secondary N) is 3. The van der Waals surface area contributed by atoms with Gasteiger partial charge in [0.25, 0.3) is 5.91 Å². The van der Waals surface area contributed by atoms with Gasteiger partial charge in [0, 0.05) is 31.7 Å². The number of nitrogens with zero attached hydrogens (tertiary/aromatic N) is 2. The maximum absolute atomic E-state index is 12.6. The Morgan fingerprint density at radius 1 is 1.20 bits per heavy atom. The third-order valence-corrected chi connectivity index (χ3v) is 5.41. The molecule has 162 valence electrons. The van der Waals surface area contributed by atoms with Crippen LogP contribution >= 0.6 is 0 Å².